The van der Waals surface area contributed by atoms with Crippen LogP contribution in [0.15, 0.2) is 53.1 Å². The van der Waals surface area contributed by atoms with Crippen LogP contribution in [0.4, 0.5) is 0 Å². The Balaban J connectivity index is 1.28. The number of nitrogens with zero attached hydrogens (tertiary/aromatic N) is 2. The third-order valence-corrected chi connectivity index (χ3v) is 6.82. The van der Waals surface area contributed by atoms with Crippen LogP contribution in [0.5, 0.6) is 0 Å². The number of fused-ring (bicyclic) bond motifs is 1. The van der Waals surface area contributed by atoms with E-state index in [-0.39, 0.29) is 11.9 Å². The Kier molecular flexibility index (Phi) is 6.76. The molecule has 1 aliphatic carbocycles. The second-order valence-corrected chi connectivity index (χ2v) is 9.13. The summed E-state index contributed by atoms with van der Waals surface area (Å²) in [6.45, 7) is 3.46. The van der Waals surface area contributed by atoms with Gasteiger partial charge in [0.2, 0.25) is 0 Å². The third kappa shape index (κ3) is 5.13. The van der Waals surface area contributed by atoms with Crippen molar-refractivity contribution in [2.75, 3.05) is 32.8 Å². The zero-order valence-corrected chi connectivity index (χ0v) is 19.3. The molecule has 1 amide bonds. The van der Waals surface area contributed by atoms with Crippen LogP contribution in [-0.4, -0.2) is 48.8 Å². The van der Waals surface area contributed by atoms with Gasteiger partial charge in [-0.05, 0) is 60.6 Å². The van der Waals surface area contributed by atoms with Crippen molar-refractivity contribution in [1.29, 1.82) is 0 Å². The number of halogens is 1. The van der Waals surface area contributed by atoms with E-state index in [1.54, 1.807) is 6.07 Å². The molecule has 7 heteroatoms. The highest BCUT2D eigenvalue weighted by Gasteiger charge is 2.24. The summed E-state index contributed by atoms with van der Waals surface area (Å²) < 4.78 is 11.0. The van der Waals surface area contributed by atoms with Crippen molar-refractivity contribution in [2.24, 2.45) is 0 Å². The first kappa shape index (κ1) is 22.1. The van der Waals surface area contributed by atoms with Crippen molar-refractivity contribution >= 4 is 17.5 Å². The minimum atomic E-state index is -0.241. The lowest BCUT2D eigenvalue weighted by molar-refractivity contribution is 0.0162. The van der Waals surface area contributed by atoms with E-state index in [4.69, 9.17) is 20.9 Å². The quantitative estimate of drug-likeness (QED) is 0.572. The molecule has 2 aliphatic rings. The molecule has 1 aromatic heterocycles. The van der Waals surface area contributed by atoms with Crippen molar-refractivity contribution in [1.82, 2.24) is 15.4 Å². The largest absolute Gasteiger partial charge is 0.379 e. The highest BCUT2D eigenvalue weighted by Crippen LogP contribution is 2.28. The summed E-state index contributed by atoms with van der Waals surface area (Å²) in [5.41, 5.74) is 5.15. The maximum atomic E-state index is 12.9. The fraction of sp³-hybridized carbons (Fsp3) is 0.385. The van der Waals surface area contributed by atoms with Gasteiger partial charge >= 0.3 is 0 Å². The minimum absolute atomic E-state index is 0.0298. The number of nitrogens with one attached hydrogen (secondary N) is 1. The number of morpholine rings is 1. The molecule has 6 nitrogen and oxygen atoms in total. The predicted octanol–water partition coefficient (Wildman–Crippen LogP) is 4.68. The zero-order valence-electron chi connectivity index (χ0n) is 18.6. The number of benzene rings is 2. The molecule has 5 rings (SSSR count). The topological polar surface area (TPSA) is 67.6 Å². The molecular weight excluding hydrogens is 438 g/mol. The number of amides is 1. The number of ether oxygens (including phenoxy) is 1. The molecule has 0 bridgehead atoms. The van der Waals surface area contributed by atoms with Crippen LogP contribution >= 0.6 is 11.6 Å². The van der Waals surface area contributed by atoms with Crippen LogP contribution < -0.4 is 5.32 Å². The van der Waals surface area contributed by atoms with E-state index in [0.717, 1.165) is 37.1 Å². The molecule has 2 aromatic carbocycles. The summed E-state index contributed by atoms with van der Waals surface area (Å²) >= 11 is 6.08. The Labute approximate surface area is 198 Å². The number of aromatic nitrogens is 1. The summed E-state index contributed by atoms with van der Waals surface area (Å²) in [6, 6.07) is 16.0. The highest BCUT2D eigenvalue weighted by atomic mass is 35.5. The smallest absolute Gasteiger partial charge is 0.273 e. The molecule has 0 radical (unpaired) electrons. The monoisotopic (exact) mass is 465 g/mol. The van der Waals surface area contributed by atoms with Crippen LogP contribution in [0.2, 0.25) is 5.02 Å². The van der Waals surface area contributed by atoms with Gasteiger partial charge in [0.1, 0.15) is 0 Å². The maximum Gasteiger partial charge on any atom is 0.273 e. The Bertz CT molecular complexity index is 1110. The molecule has 1 atom stereocenters. The van der Waals surface area contributed by atoms with Crippen LogP contribution in [-0.2, 0) is 17.6 Å². The fourth-order valence-electron chi connectivity index (χ4n) is 4.72. The van der Waals surface area contributed by atoms with Crippen molar-refractivity contribution < 1.29 is 14.1 Å². The molecule has 1 aliphatic heterocycles. The van der Waals surface area contributed by atoms with Gasteiger partial charge in [-0.2, -0.15) is 0 Å². The van der Waals surface area contributed by atoms with E-state index >= 15 is 0 Å². The fourth-order valence-corrected chi connectivity index (χ4v) is 4.84. The molecule has 3 aromatic rings. The van der Waals surface area contributed by atoms with Crippen LogP contribution in [0.25, 0.3) is 11.3 Å². The normalized spacial score (nSPS) is 17.4. The molecule has 1 saturated heterocycles. The average Bonchev–Trinajstić information content (AvgIpc) is 3.36. The first-order chi connectivity index (χ1) is 16.2. The van der Waals surface area contributed by atoms with Gasteiger partial charge in [-0.1, -0.05) is 41.0 Å². The zero-order chi connectivity index (χ0) is 22.6. The van der Waals surface area contributed by atoms with Gasteiger partial charge in [0.15, 0.2) is 11.5 Å². The average molecular weight is 466 g/mol. The Morgan fingerprint density at radius 1 is 1.03 bits per heavy atom. The molecule has 33 heavy (non-hydrogen) atoms. The SMILES string of the molecule is O=C(NCC(c1ccc(Cl)cc1)N1CCOCC1)c1cc(-c2ccc3c(c2)CCCC3)on1. The summed E-state index contributed by atoms with van der Waals surface area (Å²) in [4.78, 5) is 15.2. The second kappa shape index (κ2) is 10.1. The molecule has 1 N–H and O–H groups in total. The lowest BCUT2D eigenvalue weighted by Gasteiger charge is -2.34. The Morgan fingerprint density at radius 2 is 1.79 bits per heavy atom. The summed E-state index contributed by atoms with van der Waals surface area (Å²) in [7, 11) is 0. The number of carbonyl (C=O) groups excluding carboxylic acids is 1. The van der Waals surface area contributed by atoms with E-state index in [1.165, 1.54) is 24.0 Å². The molecule has 0 saturated carbocycles. The Morgan fingerprint density at radius 3 is 2.58 bits per heavy atom. The molecular formula is C26H28ClN3O3. The number of hydrogen-bond donors (Lipinski definition) is 1. The van der Waals surface area contributed by atoms with Crippen molar-refractivity contribution in [2.45, 2.75) is 31.7 Å². The standard InChI is InChI=1S/C26H28ClN3O3/c27-22-9-7-19(8-10-22)24(30-11-13-32-14-12-30)17-28-26(31)23-16-25(33-29-23)21-6-5-18-3-1-2-4-20(18)15-21/h5-10,15-16,24H,1-4,11-14,17H2,(H,28,31). The summed E-state index contributed by atoms with van der Waals surface area (Å²) in [5, 5.41) is 7.78. The van der Waals surface area contributed by atoms with E-state index in [1.807, 2.05) is 24.3 Å². The Hall–Kier alpha value is -2.67. The number of carbonyl (C=O) groups is 1. The lowest BCUT2D eigenvalue weighted by Crippen LogP contribution is -2.43. The van der Waals surface area contributed by atoms with Gasteiger partial charge in [-0.25, -0.2) is 0 Å². The number of rotatable bonds is 6. The number of hydrogen-bond acceptors (Lipinski definition) is 5. The molecule has 0 spiro atoms. The van der Waals surface area contributed by atoms with Gasteiger partial charge in [0.05, 0.1) is 19.3 Å². The van der Waals surface area contributed by atoms with Gasteiger partial charge in [0.25, 0.3) is 5.91 Å². The minimum Gasteiger partial charge on any atom is -0.379 e. The van der Waals surface area contributed by atoms with Gasteiger partial charge in [-0.3, -0.25) is 9.69 Å². The maximum absolute atomic E-state index is 12.9. The predicted molar refractivity (Wildman–Crippen MR) is 127 cm³/mol. The lowest BCUT2D eigenvalue weighted by atomic mass is 9.90. The first-order valence-electron chi connectivity index (χ1n) is 11.6. The van der Waals surface area contributed by atoms with Crippen molar-refractivity contribution in [3.8, 4) is 11.3 Å². The molecule has 172 valence electrons. The van der Waals surface area contributed by atoms with Crippen LogP contribution in [0, 0.1) is 0 Å². The van der Waals surface area contributed by atoms with E-state index in [0.29, 0.717) is 36.2 Å². The first-order valence-corrected chi connectivity index (χ1v) is 12.0. The number of aryl methyl sites for hydroxylation is 2. The van der Waals surface area contributed by atoms with Crippen LogP contribution in [0.1, 0.15) is 46.1 Å². The highest BCUT2D eigenvalue weighted by molar-refractivity contribution is 6.30. The third-order valence-electron chi connectivity index (χ3n) is 6.57. The van der Waals surface area contributed by atoms with E-state index in [9.17, 15) is 4.79 Å². The summed E-state index contributed by atoms with van der Waals surface area (Å²) in [5.74, 6) is 0.381. The van der Waals surface area contributed by atoms with Gasteiger partial charge in [-0.15, -0.1) is 0 Å². The molecule has 1 fully saturated rings. The second-order valence-electron chi connectivity index (χ2n) is 8.69. The van der Waals surface area contributed by atoms with E-state index < -0.39 is 0 Å². The van der Waals surface area contributed by atoms with E-state index in [2.05, 4.69) is 33.6 Å². The van der Waals surface area contributed by atoms with Crippen molar-refractivity contribution in [3.63, 3.8) is 0 Å². The van der Waals surface area contributed by atoms with Gasteiger partial charge in [0, 0.05) is 36.3 Å². The molecule has 1 unspecified atom stereocenters. The molecule has 2 heterocycles. The van der Waals surface area contributed by atoms with Crippen molar-refractivity contribution in [3.05, 3.63) is 75.9 Å². The van der Waals surface area contributed by atoms with Gasteiger partial charge < -0.3 is 14.6 Å². The summed E-state index contributed by atoms with van der Waals surface area (Å²) in [6.07, 6.45) is 4.70. The van der Waals surface area contributed by atoms with Crippen LogP contribution in [0.3, 0.4) is 0 Å².